The number of hydrogen-bond acceptors (Lipinski definition) is 4. The highest BCUT2D eigenvalue weighted by Crippen LogP contribution is 2.44. The number of amides is 2. The number of nitrogens with zero attached hydrogens (tertiary/aromatic N) is 1. The topological polar surface area (TPSA) is 95.9 Å². The second kappa shape index (κ2) is 8.21. The molecule has 0 radical (unpaired) electrons. The summed E-state index contributed by atoms with van der Waals surface area (Å²) in [6.45, 7) is 7.52. The Balaban J connectivity index is 1.43. The lowest BCUT2D eigenvalue weighted by Crippen LogP contribution is -2.65. The van der Waals surface area contributed by atoms with Gasteiger partial charge in [0.25, 0.3) is 0 Å². The lowest BCUT2D eigenvalue weighted by molar-refractivity contribution is -0.164. The highest BCUT2D eigenvalue weighted by molar-refractivity contribution is 5.90. The van der Waals surface area contributed by atoms with Crippen LogP contribution in [0.4, 0.5) is 4.79 Å². The van der Waals surface area contributed by atoms with Crippen LogP contribution in [0, 0.1) is 5.41 Å². The van der Waals surface area contributed by atoms with Crippen molar-refractivity contribution in [2.75, 3.05) is 13.2 Å². The number of carbonyl (C=O) groups excluding carboxylic acids is 2. The van der Waals surface area contributed by atoms with Crippen LogP contribution in [-0.4, -0.2) is 52.7 Å². The molecule has 0 aromatic heterocycles. The second-order valence-electron chi connectivity index (χ2n) is 9.84. The molecule has 1 atom stereocenters. The van der Waals surface area contributed by atoms with Gasteiger partial charge in [0.15, 0.2) is 0 Å². The molecule has 0 saturated carbocycles. The zero-order valence-corrected chi connectivity index (χ0v) is 19.4. The van der Waals surface area contributed by atoms with E-state index in [1.165, 1.54) is 4.90 Å². The molecule has 174 valence electrons. The fraction of sp³-hybridized carbons (Fsp3) is 0.423. The number of benzene rings is 2. The first-order valence-corrected chi connectivity index (χ1v) is 11.2. The minimum atomic E-state index is -1.04. The van der Waals surface area contributed by atoms with Crippen molar-refractivity contribution >= 4 is 18.0 Å². The molecule has 33 heavy (non-hydrogen) atoms. The van der Waals surface area contributed by atoms with Crippen LogP contribution in [0.2, 0.25) is 0 Å². The first kappa shape index (κ1) is 22.8. The van der Waals surface area contributed by atoms with Crippen LogP contribution in [0.5, 0.6) is 0 Å². The van der Waals surface area contributed by atoms with Crippen molar-refractivity contribution in [2.45, 2.75) is 51.6 Å². The Hall–Kier alpha value is -3.35. The molecule has 2 amide bonds. The Labute approximate surface area is 193 Å². The largest absolute Gasteiger partial charge is 0.480 e. The Morgan fingerprint density at radius 1 is 1.00 bits per heavy atom. The van der Waals surface area contributed by atoms with Gasteiger partial charge < -0.3 is 20.1 Å². The quantitative estimate of drug-likeness (QED) is 0.693. The highest BCUT2D eigenvalue weighted by atomic mass is 16.5. The van der Waals surface area contributed by atoms with Gasteiger partial charge in [0, 0.05) is 12.5 Å². The number of carboxylic acids is 1. The summed E-state index contributed by atoms with van der Waals surface area (Å²) in [5.41, 5.74) is 2.55. The smallest absolute Gasteiger partial charge is 0.407 e. The average Bonchev–Trinajstić information content (AvgIpc) is 3.04. The van der Waals surface area contributed by atoms with E-state index in [0.29, 0.717) is 13.0 Å². The van der Waals surface area contributed by atoms with Gasteiger partial charge in [-0.1, -0.05) is 48.5 Å². The molecule has 1 aliphatic carbocycles. The summed E-state index contributed by atoms with van der Waals surface area (Å²) in [6.07, 6.45) is -0.168. The molecule has 7 nitrogen and oxygen atoms in total. The summed E-state index contributed by atoms with van der Waals surface area (Å²) in [5.74, 6) is -1.36. The summed E-state index contributed by atoms with van der Waals surface area (Å²) in [5, 5.41) is 12.1. The van der Waals surface area contributed by atoms with E-state index in [4.69, 9.17) is 4.74 Å². The van der Waals surface area contributed by atoms with Gasteiger partial charge in [-0.3, -0.25) is 4.79 Å². The van der Waals surface area contributed by atoms with E-state index in [1.807, 2.05) is 24.3 Å². The number of alkyl carbamates (subject to hydrolysis) is 1. The Morgan fingerprint density at radius 2 is 1.55 bits per heavy atom. The zero-order valence-electron chi connectivity index (χ0n) is 19.4. The molecule has 2 N–H and O–H groups in total. The van der Waals surface area contributed by atoms with E-state index in [0.717, 1.165) is 22.3 Å². The number of likely N-dealkylation sites (tertiary alicyclic amines) is 1. The van der Waals surface area contributed by atoms with Crippen molar-refractivity contribution in [3.63, 3.8) is 0 Å². The molecule has 2 aromatic carbocycles. The number of ether oxygens (including phenoxy) is 1. The van der Waals surface area contributed by atoms with E-state index in [1.54, 1.807) is 27.7 Å². The van der Waals surface area contributed by atoms with Crippen LogP contribution in [0.3, 0.4) is 0 Å². The first-order valence-electron chi connectivity index (χ1n) is 11.2. The molecular formula is C26H30N2O5. The van der Waals surface area contributed by atoms with Gasteiger partial charge >= 0.3 is 12.1 Å². The molecule has 1 heterocycles. The molecule has 1 aliphatic heterocycles. The van der Waals surface area contributed by atoms with Crippen molar-refractivity contribution in [2.24, 2.45) is 5.41 Å². The minimum absolute atomic E-state index is 0.0571. The van der Waals surface area contributed by atoms with Crippen LogP contribution in [-0.2, 0) is 14.3 Å². The van der Waals surface area contributed by atoms with Crippen LogP contribution in [0.15, 0.2) is 48.5 Å². The van der Waals surface area contributed by atoms with Gasteiger partial charge in [-0.2, -0.15) is 0 Å². The lowest BCUT2D eigenvalue weighted by Gasteiger charge is -2.47. The maximum Gasteiger partial charge on any atom is 0.407 e. The van der Waals surface area contributed by atoms with Crippen molar-refractivity contribution in [3.05, 3.63) is 59.7 Å². The standard InChI is InChI=1S/C26H30N2O5/c1-25(2,23(31)28-14-13-21(28)22(29)30)26(3,4)27-24(32)33-15-20-18-11-7-5-9-16(18)17-10-6-8-12-19(17)20/h5-12,20-21H,13-15H2,1-4H3,(H,27,32)(H,29,30). The summed E-state index contributed by atoms with van der Waals surface area (Å²) in [4.78, 5) is 38.6. The van der Waals surface area contributed by atoms with Crippen molar-refractivity contribution in [3.8, 4) is 11.1 Å². The SMILES string of the molecule is CC(C)(NC(=O)OCC1c2ccccc2-c2ccccc21)C(C)(C)C(=O)N1CCC1C(=O)O. The van der Waals surface area contributed by atoms with Crippen molar-refractivity contribution < 1.29 is 24.2 Å². The molecule has 0 spiro atoms. The van der Waals surface area contributed by atoms with E-state index in [-0.39, 0.29) is 18.4 Å². The van der Waals surface area contributed by atoms with E-state index in [2.05, 4.69) is 29.6 Å². The fourth-order valence-electron chi connectivity index (χ4n) is 4.56. The normalized spacial score (nSPS) is 17.6. The van der Waals surface area contributed by atoms with Crippen LogP contribution < -0.4 is 5.32 Å². The number of rotatable bonds is 6. The molecule has 4 rings (SSSR count). The summed E-state index contributed by atoms with van der Waals surface area (Å²) in [7, 11) is 0. The molecule has 7 heteroatoms. The lowest BCUT2D eigenvalue weighted by atomic mass is 9.72. The molecule has 1 saturated heterocycles. The summed E-state index contributed by atoms with van der Waals surface area (Å²) >= 11 is 0. The third-order valence-electron chi connectivity index (χ3n) is 7.42. The van der Waals surface area contributed by atoms with Gasteiger partial charge in [0.2, 0.25) is 5.91 Å². The van der Waals surface area contributed by atoms with E-state index in [9.17, 15) is 19.5 Å². The first-order chi connectivity index (χ1) is 15.5. The molecular weight excluding hydrogens is 420 g/mol. The number of carbonyl (C=O) groups is 3. The van der Waals surface area contributed by atoms with Crippen molar-refractivity contribution in [1.29, 1.82) is 0 Å². The van der Waals surface area contributed by atoms with E-state index >= 15 is 0 Å². The van der Waals surface area contributed by atoms with Gasteiger partial charge in [-0.25, -0.2) is 9.59 Å². The van der Waals surface area contributed by atoms with Crippen molar-refractivity contribution in [1.82, 2.24) is 10.2 Å². The number of aliphatic carboxylic acids is 1. The third-order valence-corrected chi connectivity index (χ3v) is 7.42. The Morgan fingerprint density at radius 3 is 2.03 bits per heavy atom. The molecule has 1 fully saturated rings. The zero-order chi connectivity index (χ0) is 24.0. The number of fused-ring (bicyclic) bond motifs is 3. The molecule has 2 aliphatic rings. The molecule has 1 unspecified atom stereocenters. The van der Waals surface area contributed by atoms with Gasteiger partial charge in [-0.05, 0) is 56.4 Å². The van der Waals surface area contributed by atoms with Crippen LogP contribution >= 0.6 is 0 Å². The Bertz CT molecular complexity index is 1060. The summed E-state index contributed by atoms with van der Waals surface area (Å²) in [6, 6.07) is 15.4. The second-order valence-corrected chi connectivity index (χ2v) is 9.84. The van der Waals surface area contributed by atoms with Crippen LogP contribution in [0.25, 0.3) is 11.1 Å². The average molecular weight is 451 g/mol. The molecule has 2 aromatic rings. The van der Waals surface area contributed by atoms with Gasteiger partial charge in [0.1, 0.15) is 12.6 Å². The fourth-order valence-corrected chi connectivity index (χ4v) is 4.56. The third kappa shape index (κ3) is 3.86. The highest BCUT2D eigenvalue weighted by Gasteiger charge is 2.50. The summed E-state index contributed by atoms with van der Waals surface area (Å²) < 4.78 is 5.64. The monoisotopic (exact) mass is 450 g/mol. The Kier molecular flexibility index (Phi) is 5.68. The maximum atomic E-state index is 13.1. The maximum absolute atomic E-state index is 13.1. The minimum Gasteiger partial charge on any atom is -0.480 e. The van der Waals surface area contributed by atoms with Gasteiger partial charge in [0.05, 0.1) is 11.0 Å². The predicted octanol–water partition coefficient (Wildman–Crippen LogP) is 4.02. The molecule has 0 bridgehead atoms. The number of hydrogen-bond donors (Lipinski definition) is 2. The number of nitrogens with one attached hydrogen (secondary N) is 1. The predicted molar refractivity (Wildman–Crippen MR) is 124 cm³/mol. The number of carboxylic acid groups (broad SMARTS) is 1. The van der Waals surface area contributed by atoms with Gasteiger partial charge in [-0.15, -0.1) is 0 Å². The van der Waals surface area contributed by atoms with E-state index < -0.39 is 29.1 Å². The van der Waals surface area contributed by atoms with Crippen LogP contribution in [0.1, 0.15) is 51.2 Å².